The fourth-order valence-corrected chi connectivity index (χ4v) is 10.7. The molecule has 4 heteroatoms. The van der Waals surface area contributed by atoms with Crippen molar-refractivity contribution in [2.45, 2.75) is 0 Å². The van der Waals surface area contributed by atoms with Crippen molar-refractivity contribution in [1.29, 1.82) is 0 Å². The fourth-order valence-electron chi connectivity index (χ4n) is 5.29. The minimum atomic E-state index is -3.19. The molecule has 2 aromatic heterocycles. The van der Waals surface area contributed by atoms with Gasteiger partial charge in [-0.15, -0.1) is 22.7 Å². The van der Waals surface area contributed by atoms with Crippen LogP contribution in [0.4, 0.5) is 0 Å². The van der Waals surface area contributed by atoms with E-state index >= 15 is 4.57 Å². The number of rotatable bonds is 3. The van der Waals surface area contributed by atoms with E-state index in [4.69, 9.17) is 0 Å². The third-order valence-electron chi connectivity index (χ3n) is 6.64. The van der Waals surface area contributed by atoms with Gasteiger partial charge in [-0.2, -0.15) is 0 Å². The van der Waals surface area contributed by atoms with Crippen molar-refractivity contribution in [3.8, 4) is 0 Å². The van der Waals surface area contributed by atoms with Gasteiger partial charge in [-0.3, -0.25) is 0 Å². The van der Waals surface area contributed by atoms with E-state index < -0.39 is 7.14 Å². The largest absolute Gasteiger partial charge is 0.309 e. The Labute approximate surface area is 205 Å². The lowest BCUT2D eigenvalue weighted by atomic mass is 10.0. The summed E-state index contributed by atoms with van der Waals surface area (Å²) in [5, 5.41) is 11.8. The first kappa shape index (κ1) is 20.2. The highest BCUT2D eigenvalue weighted by Gasteiger charge is 2.41. The second kappa shape index (κ2) is 7.65. The van der Waals surface area contributed by atoms with Crippen molar-refractivity contribution in [2.24, 2.45) is 0 Å². The molecular formula is C30H19OPS2. The second-order valence-electron chi connectivity index (χ2n) is 8.45. The van der Waals surface area contributed by atoms with Crippen LogP contribution in [0.5, 0.6) is 0 Å². The van der Waals surface area contributed by atoms with Gasteiger partial charge in [0.15, 0.2) is 7.14 Å². The lowest BCUT2D eigenvalue weighted by Crippen LogP contribution is -2.26. The molecule has 0 radical (unpaired) electrons. The summed E-state index contributed by atoms with van der Waals surface area (Å²) in [7, 11) is -3.19. The summed E-state index contributed by atoms with van der Waals surface area (Å²) in [6.07, 6.45) is 0. The molecular weight excluding hydrogens is 471 g/mol. The Hall–Kier alpha value is -3.23. The van der Waals surface area contributed by atoms with Crippen molar-refractivity contribution in [3.05, 3.63) is 135 Å². The van der Waals surface area contributed by atoms with Gasteiger partial charge in [0.2, 0.25) is 0 Å². The highest BCUT2D eigenvalue weighted by atomic mass is 32.1. The van der Waals surface area contributed by atoms with Gasteiger partial charge in [0.05, 0.1) is 9.40 Å². The molecule has 1 nitrogen and oxygen atoms in total. The van der Waals surface area contributed by atoms with Crippen LogP contribution in [0.2, 0.25) is 0 Å². The first-order valence-corrected chi connectivity index (χ1v) is 14.7. The third kappa shape index (κ3) is 2.69. The molecule has 1 aliphatic heterocycles. The standard InChI is InChI=1S/C30H19OPS2/c31-32(22-14-8-3-9-15-22)27(20-10-4-1-5-11-20)25-23-16-18-33-29(23)30-24(17-19-34-30)26(25)28(32)21-12-6-2-7-13-21/h1-19H. The normalized spacial score (nSPS) is 14.7. The molecule has 0 saturated carbocycles. The Balaban J connectivity index is 1.84. The molecule has 0 amide bonds. The first-order valence-electron chi connectivity index (χ1n) is 11.2. The maximum Gasteiger partial charge on any atom is 0.173 e. The van der Waals surface area contributed by atoms with E-state index in [9.17, 15) is 0 Å². The lowest BCUT2D eigenvalue weighted by molar-refractivity contribution is 0.593. The van der Waals surface area contributed by atoms with Gasteiger partial charge >= 0.3 is 0 Å². The van der Waals surface area contributed by atoms with Gasteiger partial charge < -0.3 is 4.57 Å². The molecule has 0 aliphatic carbocycles. The summed E-state index contributed by atoms with van der Waals surface area (Å²) >= 11 is 3.55. The van der Waals surface area contributed by atoms with E-state index in [-0.39, 0.29) is 0 Å². The first-order chi connectivity index (χ1) is 16.8. The molecule has 6 aromatic rings. The van der Waals surface area contributed by atoms with Gasteiger partial charge in [-0.25, -0.2) is 0 Å². The molecule has 7 rings (SSSR count). The number of hydrogen-bond acceptors (Lipinski definition) is 3. The van der Waals surface area contributed by atoms with Crippen LogP contribution in [0.3, 0.4) is 0 Å². The summed E-state index contributed by atoms with van der Waals surface area (Å²) < 4.78 is 18.4. The quantitative estimate of drug-likeness (QED) is 0.241. The SMILES string of the molecule is O=P1(c2ccccc2)C(c2ccccc2)=c2c(c3ccsc3c3sccc23)=C1c1ccccc1. The minimum absolute atomic E-state index is 0.885. The van der Waals surface area contributed by atoms with E-state index in [1.54, 1.807) is 22.7 Å². The summed E-state index contributed by atoms with van der Waals surface area (Å²) in [5.41, 5.74) is 2.06. The number of thiophene rings is 2. The van der Waals surface area contributed by atoms with Gasteiger partial charge in [0, 0.05) is 37.1 Å². The van der Waals surface area contributed by atoms with E-state index in [0.717, 1.165) is 37.5 Å². The average Bonchev–Trinajstić information content (AvgIpc) is 3.62. The molecule has 0 fully saturated rings. The smallest absolute Gasteiger partial charge is 0.173 e. The van der Waals surface area contributed by atoms with E-state index in [1.165, 1.54) is 20.2 Å². The van der Waals surface area contributed by atoms with Gasteiger partial charge in [0.1, 0.15) is 0 Å². The number of benzene rings is 4. The lowest BCUT2D eigenvalue weighted by Gasteiger charge is -2.22. The molecule has 0 bridgehead atoms. The maximum absolute atomic E-state index is 15.8. The molecule has 4 aromatic carbocycles. The summed E-state index contributed by atoms with van der Waals surface area (Å²) in [5.74, 6) is 0. The molecule has 0 saturated heterocycles. The van der Waals surface area contributed by atoms with Crippen LogP contribution in [0.1, 0.15) is 11.1 Å². The summed E-state index contributed by atoms with van der Waals surface area (Å²) in [4.78, 5) is 0. The predicted molar refractivity (Wildman–Crippen MR) is 148 cm³/mol. The molecule has 0 atom stereocenters. The number of hydrogen-bond donors (Lipinski definition) is 0. The summed E-state index contributed by atoms with van der Waals surface area (Å²) in [6.45, 7) is 0. The topological polar surface area (TPSA) is 17.1 Å². The van der Waals surface area contributed by atoms with Crippen LogP contribution in [0.15, 0.2) is 114 Å². The van der Waals surface area contributed by atoms with Crippen molar-refractivity contribution in [3.63, 3.8) is 0 Å². The van der Waals surface area contributed by atoms with Crippen molar-refractivity contribution < 1.29 is 4.57 Å². The minimum Gasteiger partial charge on any atom is -0.309 e. The van der Waals surface area contributed by atoms with Gasteiger partial charge in [-0.1, -0.05) is 91.0 Å². The summed E-state index contributed by atoms with van der Waals surface area (Å²) in [6, 6.07) is 35.2. The highest BCUT2D eigenvalue weighted by molar-refractivity contribution is 7.90. The van der Waals surface area contributed by atoms with Crippen LogP contribution in [-0.4, -0.2) is 0 Å². The van der Waals surface area contributed by atoms with E-state index in [1.807, 2.05) is 66.7 Å². The second-order valence-corrected chi connectivity index (χ2v) is 12.9. The Morgan fingerprint density at radius 1 is 0.500 bits per heavy atom. The van der Waals surface area contributed by atoms with Gasteiger partial charge in [-0.05, 0) is 34.0 Å². The van der Waals surface area contributed by atoms with Gasteiger partial charge in [0.25, 0.3) is 0 Å². The van der Waals surface area contributed by atoms with Crippen LogP contribution >= 0.6 is 29.8 Å². The third-order valence-corrected chi connectivity index (χ3v) is 11.9. The van der Waals surface area contributed by atoms with Crippen LogP contribution < -0.4 is 15.7 Å². The Kier molecular flexibility index (Phi) is 4.54. The number of fused-ring (bicyclic) bond motifs is 6. The maximum atomic E-state index is 15.8. The van der Waals surface area contributed by atoms with Crippen molar-refractivity contribution in [2.75, 3.05) is 0 Å². The molecule has 0 N–H and O–H groups in total. The predicted octanol–water partition coefficient (Wildman–Crippen LogP) is 7.13. The molecule has 0 unspecified atom stereocenters. The molecule has 34 heavy (non-hydrogen) atoms. The monoisotopic (exact) mass is 490 g/mol. The average molecular weight is 491 g/mol. The van der Waals surface area contributed by atoms with E-state index in [0.29, 0.717) is 0 Å². The van der Waals surface area contributed by atoms with Crippen molar-refractivity contribution >= 4 is 65.9 Å². The van der Waals surface area contributed by atoms with Crippen LogP contribution in [0, 0.1) is 0 Å². The molecule has 162 valence electrons. The molecule has 3 heterocycles. The van der Waals surface area contributed by atoms with Crippen molar-refractivity contribution in [1.82, 2.24) is 0 Å². The molecule has 1 aliphatic rings. The highest BCUT2D eigenvalue weighted by Crippen LogP contribution is 2.66. The zero-order valence-electron chi connectivity index (χ0n) is 18.1. The van der Waals surface area contributed by atoms with E-state index in [2.05, 4.69) is 47.2 Å². The zero-order valence-corrected chi connectivity index (χ0v) is 20.7. The Morgan fingerprint density at radius 3 is 1.35 bits per heavy atom. The van der Waals surface area contributed by atoms with Crippen LogP contribution in [0.25, 0.3) is 30.8 Å². The Bertz CT molecular complexity index is 1750. The fraction of sp³-hybridized carbons (Fsp3) is 0. The Morgan fingerprint density at radius 2 is 0.912 bits per heavy atom. The molecule has 0 spiro atoms. The van der Waals surface area contributed by atoms with Crippen LogP contribution in [-0.2, 0) is 4.57 Å². The zero-order chi connectivity index (χ0) is 22.7.